The molecule has 1 aliphatic carbocycles. The number of aliphatic hydroxyl groups excluding tert-OH is 1. The van der Waals surface area contributed by atoms with E-state index in [-0.39, 0.29) is 6.10 Å². The standard InChI is InChI=1S/C10H20O/c1-6(2)8-9(7(3)11)10(8,4)5/h6-9,11H,1-5H3/t7-,8+,9-/m0/s1. The number of hydrogen-bond donors (Lipinski definition) is 1. The first-order valence-electron chi connectivity index (χ1n) is 4.57. The van der Waals surface area contributed by atoms with E-state index in [4.69, 9.17) is 0 Å². The zero-order chi connectivity index (χ0) is 8.81. The highest BCUT2D eigenvalue weighted by Crippen LogP contribution is 2.62. The van der Waals surface area contributed by atoms with E-state index in [9.17, 15) is 5.11 Å². The van der Waals surface area contributed by atoms with E-state index in [2.05, 4.69) is 27.7 Å². The van der Waals surface area contributed by atoms with Gasteiger partial charge < -0.3 is 5.11 Å². The lowest BCUT2D eigenvalue weighted by Gasteiger charge is -2.04. The first kappa shape index (κ1) is 9.05. The van der Waals surface area contributed by atoms with Crippen molar-refractivity contribution in [2.75, 3.05) is 0 Å². The van der Waals surface area contributed by atoms with E-state index < -0.39 is 0 Å². The second-order valence-electron chi connectivity index (χ2n) is 4.86. The second kappa shape index (κ2) is 2.48. The van der Waals surface area contributed by atoms with Gasteiger partial charge in [-0.2, -0.15) is 0 Å². The number of aliphatic hydroxyl groups is 1. The zero-order valence-corrected chi connectivity index (χ0v) is 8.26. The molecular formula is C10H20O. The van der Waals surface area contributed by atoms with Gasteiger partial charge in [0.1, 0.15) is 0 Å². The Bertz CT molecular complexity index is 131. The van der Waals surface area contributed by atoms with E-state index >= 15 is 0 Å². The van der Waals surface area contributed by atoms with Crippen LogP contribution in [0.4, 0.5) is 0 Å². The molecule has 1 fully saturated rings. The Morgan fingerprint density at radius 3 is 1.64 bits per heavy atom. The van der Waals surface area contributed by atoms with Crippen LogP contribution in [0.1, 0.15) is 34.6 Å². The highest BCUT2D eigenvalue weighted by atomic mass is 16.3. The minimum absolute atomic E-state index is 0.127. The van der Waals surface area contributed by atoms with Crippen molar-refractivity contribution >= 4 is 0 Å². The lowest BCUT2D eigenvalue weighted by molar-refractivity contribution is 0.150. The van der Waals surface area contributed by atoms with Crippen molar-refractivity contribution in [1.29, 1.82) is 0 Å². The highest BCUT2D eigenvalue weighted by molar-refractivity contribution is 5.07. The minimum atomic E-state index is -0.127. The van der Waals surface area contributed by atoms with Crippen LogP contribution < -0.4 is 0 Å². The zero-order valence-electron chi connectivity index (χ0n) is 8.26. The van der Waals surface area contributed by atoms with Crippen molar-refractivity contribution < 1.29 is 5.11 Å². The summed E-state index contributed by atoms with van der Waals surface area (Å²) in [4.78, 5) is 0. The fraction of sp³-hybridized carbons (Fsp3) is 1.00. The summed E-state index contributed by atoms with van der Waals surface area (Å²) in [6.07, 6.45) is -0.127. The average Bonchev–Trinajstić information content (AvgIpc) is 2.33. The average molecular weight is 156 g/mol. The van der Waals surface area contributed by atoms with Gasteiger partial charge in [-0.15, -0.1) is 0 Å². The van der Waals surface area contributed by atoms with Crippen LogP contribution in [-0.4, -0.2) is 11.2 Å². The fourth-order valence-electron chi connectivity index (χ4n) is 2.91. The monoisotopic (exact) mass is 156 g/mol. The number of hydrogen-bond acceptors (Lipinski definition) is 1. The molecule has 0 amide bonds. The van der Waals surface area contributed by atoms with Gasteiger partial charge in [0.2, 0.25) is 0 Å². The third kappa shape index (κ3) is 1.31. The summed E-state index contributed by atoms with van der Waals surface area (Å²) in [6, 6.07) is 0. The van der Waals surface area contributed by atoms with Crippen LogP contribution in [0.25, 0.3) is 0 Å². The van der Waals surface area contributed by atoms with Gasteiger partial charge in [-0.25, -0.2) is 0 Å². The first-order chi connectivity index (χ1) is 4.89. The van der Waals surface area contributed by atoms with Crippen LogP contribution in [0.2, 0.25) is 0 Å². The van der Waals surface area contributed by atoms with Gasteiger partial charge in [0, 0.05) is 0 Å². The summed E-state index contributed by atoms with van der Waals surface area (Å²) in [5.41, 5.74) is 0.377. The van der Waals surface area contributed by atoms with Crippen molar-refractivity contribution in [3.63, 3.8) is 0 Å². The lowest BCUT2D eigenvalue weighted by Crippen LogP contribution is -2.07. The summed E-state index contributed by atoms with van der Waals surface area (Å²) < 4.78 is 0. The molecule has 0 saturated heterocycles. The lowest BCUT2D eigenvalue weighted by atomic mass is 10.0. The Kier molecular flexibility index (Phi) is 2.04. The van der Waals surface area contributed by atoms with E-state index in [1.165, 1.54) is 0 Å². The highest BCUT2D eigenvalue weighted by Gasteiger charge is 2.60. The second-order valence-corrected chi connectivity index (χ2v) is 4.86. The molecule has 0 radical (unpaired) electrons. The molecule has 0 unspecified atom stereocenters. The largest absolute Gasteiger partial charge is 0.393 e. The molecule has 0 aromatic heterocycles. The maximum Gasteiger partial charge on any atom is 0.0548 e. The van der Waals surface area contributed by atoms with Crippen LogP contribution >= 0.6 is 0 Å². The Balaban J connectivity index is 2.61. The van der Waals surface area contributed by atoms with Crippen LogP contribution in [0.15, 0.2) is 0 Å². The summed E-state index contributed by atoms with van der Waals surface area (Å²) in [7, 11) is 0. The molecule has 3 atom stereocenters. The van der Waals surface area contributed by atoms with Crippen molar-refractivity contribution in [2.24, 2.45) is 23.2 Å². The molecule has 1 saturated carbocycles. The molecule has 0 aromatic rings. The maximum absolute atomic E-state index is 9.45. The molecule has 1 rings (SSSR count). The molecule has 1 aliphatic rings. The number of rotatable bonds is 2. The van der Waals surface area contributed by atoms with Crippen LogP contribution in [-0.2, 0) is 0 Å². The van der Waals surface area contributed by atoms with Crippen LogP contribution in [0, 0.1) is 23.2 Å². The molecule has 0 aliphatic heterocycles. The van der Waals surface area contributed by atoms with Gasteiger partial charge in [-0.1, -0.05) is 27.7 Å². The van der Waals surface area contributed by atoms with E-state index in [1.807, 2.05) is 6.92 Å². The molecule has 0 heterocycles. The molecule has 0 spiro atoms. The predicted molar refractivity (Wildman–Crippen MR) is 47.3 cm³/mol. The van der Waals surface area contributed by atoms with Crippen LogP contribution in [0.5, 0.6) is 0 Å². The molecule has 11 heavy (non-hydrogen) atoms. The quantitative estimate of drug-likeness (QED) is 0.650. The smallest absolute Gasteiger partial charge is 0.0548 e. The molecule has 1 N–H and O–H groups in total. The van der Waals surface area contributed by atoms with E-state index in [1.54, 1.807) is 0 Å². The first-order valence-corrected chi connectivity index (χ1v) is 4.57. The third-order valence-electron chi connectivity index (χ3n) is 3.23. The normalized spacial score (nSPS) is 37.4. The van der Waals surface area contributed by atoms with Gasteiger partial charge in [0.15, 0.2) is 0 Å². The van der Waals surface area contributed by atoms with Crippen molar-refractivity contribution in [2.45, 2.75) is 40.7 Å². The van der Waals surface area contributed by atoms with Crippen molar-refractivity contribution in [1.82, 2.24) is 0 Å². The summed E-state index contributed by atoms with van der Waals surface area (Å²) in [5.74, 6) is 1.97. The molecule has 66 valence electrons. The Labute approximate surface area is 69.8 Å². The van der Waals surface area contributed by atoms with Gasteiger partial charge in [0.25, 0.3) is 0 Å². The minimum Gasteiger partial charge on any atom is -0.393 e. The summed E-state index contributed by atoms with van der Waals surface area (Å²) in [5, 5.41) is 9.45. The summed E-state index contributed by atoms with van der Waals surface area (Å²) in [6.45, 7) is 10.9. The van der Waals surface area contributed by atoms with Crippen molar-refractivity contribution in [3.05, 3.63) is 0 Å². The molecule has 0 aromatic carbocycles. The predicted octanol–water partition coefficient (Wildman–Crippen LogP) is 2.30. The molecule has 0 bridgehead atoms. The Hall–Kier alpha value is -0.0400. The topological polar surface area (TPSA) is 20.2 Å². The summed E-state index contributed by atoms with van der Waals surface area (Å²) >= 11 is 0. The van der Waals surface area contributed by atoms with Gasteiger partial charge in [-0.05, 0) is 30.1 Å². The van der Waals surface area contributed by atoms with E-state index in [0.717, 1.165) is 5.92 Å². The molecule has 1 nitrogen and oxygen atoms in total. The van der Waals surface area contributed by atoms with Gasteiger partial charge >= 0.3 is 0 Å². The SMILES string of the molecule is CC(C)[C@@H]1[C@H]([C@H](C)O)C1(C)C. The third-order valence-corrected chi connectivity index (χ3v) is 3.23. The van der Waals surface area contributed by atoms with Gasteiger partial charge in [-0.3, -0.25) is 0 Å². The Morgan fingerprint density at radius 1 is 1.09 bits per heavy atom. The van der Waals surface area contributed by atoms with Crippen molar-refractivity contribution in [3.8, 4) is 0 Å². The van der Waals surface area contributed by atoms with Gasteiger partial charge in [0.05, 0.1) is 6.10 Å². The van der Waals surface area contributed by atoms with E-state index in [0.29, 0.717) is 17.3 Å². The maximum atomic E-state index is 9.45. The fourth-order valence-corrected chi connectivity index (χ4v) is 2.91. The van der Waals surface area contributed by atoms with Crippen LogP contribution in [0.3, 0.4) is 0 Å². The molecule has 1 heteroatoms. The Morgan fingerprint density at radius 2 is 1.55 bits per heavy atom. The molecular weight excluding hydrogens is 136 g/mol.